The number of halogens is 1. The van der Waals surface area contributed by atoms with Crippen LogP contribution in [0.5, 0.6) is 5.75 Å². The Bertz CT molecular complexity index is 1160. The van der Waals surface area contributed by atoms with Gasteiger partial charge in [-0.2, -0.15) is 0 Å². The Kier molecular flexibility index (Phi) is 6.60. The van der Waals surface area contributed by atoms with Crippen molar-refractivity contribution >= 4 is 28.4 Å². The summed E-state index contributed by atoms with van der Waals surface area (Å²) in [7, 11) is 5.60. The van der Waals surface area contributed by atoms with Crippen molar-refractivity contribution in [3.8, 4) is 5.75 Å². The fourth-order valence-corrected chi connectivity index (χ4v) is 4.12. The van der Waals surface area contributed by atoms with Crippen LogP contribution in [0, 0.1) is 5.82 Å². The fraction of sp³-hybridized carbons (Fsp3) is 0.375. The molecule has 2 aromatic carbocycles. The second kappa shape index (κ2) is 9.58. The third kappa shape index (κ3) is 4.83. The highest BCUT2D eigenvalue weighted by molar-refractivity contribution is 5.98. The van der Waals surface area contributed by atoms with E-state index in [1.54, 1.807) is 42.3 Å². The number of aromatic nitrogens is 2. The Labute approximate surface area is 192 Å². The van der Waals surface area contributed by atoms with E-state index in [4.69, 9.17) is 4.74 Å². The molecule has 2 N–H and O–H groups in total. The second-order valence-electron chi connectivity index (χ2n) is 8.46. The summed E-state index contributed by atoms with van der Waals surface area (Å²) in [5, 5.41) is 6.95. The number of likely N-dealkylation sites (tertiary alicyclic amines) is 1. The Morgan fingerprint density at radius 2 is 2.06 bits per heavy atom. The van der Waals surface area contributed by atoms with E-state index in [9.17, 15) is 9.18 Å². The van der Waals surface area contributed by atoms with Crippen LogP contribution in [0.2, 0.25) is 0 Å². The van der Waals surface area contributed by atoms with Gasteiger partial charge in [-0.05, 0) is 39.6 Å². The van der Waals surface area contributed by atoms with E-state index in [1.807, 2.05) is 21.0 Å². The number of nitrogens with one attached hydrogen (secondary N) is 2. The number of fused-ring (bicyclic) bond motifs is 1. The molecule has 0 bridgehead atoms. The van der Waals surface area contributed by atoms with Gasteiger partial charge in [-0.25, -0.2) is 19.2 Å². The number of nitrogens with zero attached hydrogens (tertiary/aromatic N) is 4. The number of ether oxygens (including phenoxy) is 1. The fourth-order valence-electron chi connectivity index (χ4n) is 4.12. The summed E-state index contributed by atoms with van der Waals surface area (Å²) in [4.78, 5) is 25.6. The number of urea groups is 1. The quantitative estimate of drug-likeness (QED) is 0.586. The minimum Gasteiger partial charge on any atom is -0.494 e. The molecule has 0 aliphatic carbocycles. The first-order chi connectivity index (χ1) is 15.9. The summed E-state index contributed by atoms with van der Waals surface area (Å²) < 4.78 is 19.8. The molecule has 4 rings (SSSR count). The number of carbonyl (C=O) groups excluding carboxylic acids is 1. The molecule has 1 aliphatic rings. The highest BCUT2D eigenvalue weighted by Crippen LogP contribution is 2.34. The molecule has 2 atom stereocenters. The van der Waals surface area contributed by atoms with Gasteiger partial charge in [0.05, 0.1) is 24.4 Å². The van der Waals surface area contributed by atoms with Gasteiger partial charge < -0.3 is 25.2 Å². The lowest BCUT2D eigenvalue weighted by Gasteiger charge is -2.21. The third-order valence-electron chi connectivity index (χ3n) is 6.10. The van der Waals surface area contributed by atoms with Crippen molar-refractivity contribution in [2.75, 3.05) is 44.9 Å². The molecule has 1 unspecified atom stereocenters. The molecule has 0 radical (unpaired) electrons. The Morgan fingerprint density at radius 1 is 1.27 bits per heavy atom. The van der Waals surface area contributed by atoms with Gasteiger partial charge in [0.2, 0.25) is 0 Å². The Hall–Kier alpha value is -3.46. The highest BCUT2D eigenvalue weighted by atomic mass is 19.1. The van der Waals surface area contributed by atoms with Crippen molar-refractivity contribution in [1.82, 2.24) is 19.8 Å². The maximum Gasteiger partial charge on any atom is 0.322 e. The van der Waals surface area contributed by atoms with E-state index in [0.29, 0.717) is 52.9 Å². The van der Waals surface area contributed by atoms with Gasteiger partial charge in [0.25, 0.3) is 0 Å². The normalized spacial score (nSPS) is 16.8. The predicted molar refractivity (Wildman–Crippen MR) is 127 cm³/mol. The molecule has 1 saturated heterocycles. The molecule has 174 valence electrons. The largest absolute Gasteiger partial charge is 0.494 e. The van der Waals surface area contributed by atoms with E-state index < -0.39 is 0 Å². The molecule has 2 heterocycles. The zero-order chi connectivity index (χ0) is 23.5. The van der Waals surface area contributed by atoms with Gasteiger partial charge >= 0.3 is 6.03 Å². The first-order valence-electron chi connectivity index (χ1n) is 10.9. The molecule has 1 fully saturated rings. The average Bonchev–Trinajstić information content (AvgIpc) is 3.30. The van der Waals surface area contributed by atoms with Gasteiger partial charge in [-0.1, -0.05) is 18.2 Å². The smallest absolute Gasteiger partial charge is 0.322 e. The minimum absolute atomic E-state index is 0.178. The van der Waals surface area contributed by atoms with Gasteiger partial charge in [-0.15, -0.1) is 0 Å². The Morgan fingerprint density at radius 3 is 2.76 bits per heavy atom. The lowest BCUT2D eigenvalue weighted by Crippen LogP contribution is -2.36. The third-order valence-corrected chi connectivity index (χ3v) is 6.10. The van der Waals surface area contributed by atoms with Crippen LogP contribution in [0.15, 0.2) is 42.7 Å². The van der Waals surface area contributed by atoms with Crippen molar-refractivity contribution in [3.05, 3.63) is 54.1 Å². The van der Waals surface area contributed by atoms with E-state index in [0.717, 1.165) is 6.42 Å². The maximum atomic E-state index is 14.2. The number of hydrogen-bond donors (Lipinski definition) is 2. The molecular formula is C24H29FN6O2. The number of anilines is 2. The van der Waals surface area contributed by atoms with Crippen LogP contribution >= 0.6 is 0 Å². The summed E-state index contributed by atoms with van der Waals surface area (Å²) >= 11 is 0. The summed E-state index contributed by atoms with van der Waals surface area (Å²) in [6.45, 7) is 3.23. The SMILES string of the molecule is COc1cc2ncnc(NC(C)c3ccccc3F)c2cc1NC(=O)N1CC[C@@H](N(C)C)C1. The summed E-state index contributed by atoms with van der Waals surface area (Å²) in [6.07, 6.45) is 2.38. The molecule has 3 aromatic rings. The van der Waals surface area contributed by atoms with Crippen LogP contribution in [0.4, 0.5) is 20.7 Å². The van der Waals surface area contributed by atoms with Crippen LogP contribution in [0.1, 0.15) is 24.9 Å². The monoisotopic (exact) mass is 452 g/mol. The first-order valence-corrected chi connectivity index (χ1v) is 10.9. The van der Waals surface area contributed by atoms with E-state index in [2.05, 4.69) is 25.5 Å². The number of rotatable bonds is 6. The maximum absolute atomic E-state index is 14.2. The van der Waals surface area contributed by atoms with Crippen LogP contribution in [-0.2, 0) is 0 Å². The molecule has 1 aromatic heterocycles. The number of carbonyl (C=O) groups is 1. The van der Waals surface area contributed by atoms with Crippen LogP contribution in [0.25, 0.3) is 10.9 Å². The molecule has 2 amide bonds. The van der Waals surface area contributed by atoms with Crippen molar-refractivity contribution in [3.63, 3.8) is 0 Å². The summed E-state index contributed by atoms with van der Waals surface area (Å²) in [5.74, 6) is 0.765. The van der Waals surface area contributed by atoms with Crippen molar-refractivity contribution in [2.45, 2.75) is 25.4 Å². The van der Waals surface area contributed by atoms with Crippen LogP contribution < -0.4 is 15.4 Å². The predicted octanol–water partition coefficient (Wildman–Crippen LogP) is 4.12. The zero-order valence-corrected chi connectivity index (χ0v) is 19.3. The van der Waals surface area contributed by atoms with Crippen molar-refractivity contribution in [2.24, 2.45) is 0 Å². The van der Waals surface area contributed by atoms with Gasteiger partial charge in [0, 0.05) is 36.1 Å². The average molecular weight is 453 g/mol. The Balaban J connectivity index is 1.61. The van der Waals surface area contributed by atoms with E-state index in [-0.39, 0.29) is 17.9 Å². The van der Waals surface area contributed by atoms with E-state index in [1.165, 1.54) is 12.4 Å². The van der Waals surface area contributed by atoms with Crippen LogP contribution in [-0.4, -0.2) is 66.1 Å². The molecule has 8 nitrogen and oxygen atoms in total. The van der Waals surface area contributed by atoms with Gasteiger partial charge in [-0.3, -0.25) is 0 Å². The number of benzene rings is 2. The highest BCUT2D eigenvalue weighted by Gasteiger charge is 2.28. The summed E-state index contributed by atoms with van der Waals surface area (Å²) in [5.41, 5.74) is 1.72. The summed E-state index contributed by atoms with van der Waals surface area (Å²) in [6, 6.07) is 10.0. The molecule has 0 spiro atoms. The molecule has 9 heteroatoms. The van der Waals surface area contributed by atoms with Gasteiger partial charge in [0.1, 0.15) is 23.7 Å². The standard InChI is InChI=1S/C24H29FN6O2/c1-15(17-7-5-6-8-19(17)25)28-23-18-11-21(22(33-4)12-20(18)26-14-27-23)29-24(32)31-10-9-16(13-31)30(2)3/h5-8,11-12,14-16H,9-10,13H2,1-4H3,(H,29,32)(H,26,27,28)/t15?,16-/m1/s1. The van der Waals surface area contributed by atoms with E-state index >= 15 is 0 Å². The number of likely N-dealkylation sites (N-methyl/N-ethyl adjacent to an activating group) is 1. The molecule has 0 saturated carbocycles. The zero-order valence-electron chi connectivity index (χ0n) is 19.3. The van der Waals surface area contributed by atoms with Gasteiger partial charge in [0.15, 0.2) is 0 Å². The first kappa shape index (κ1) is 22.7. The van der Waals surface area contributed by atoms with Crippen LogP contribution in [0.3, 0.4) is 0 Å². The minimum atomic E-state index is -0.322. The number of hydrogen-bond acceptors (Lipinski definition) is 6. The van der Waals surface area contributed by atoms with Crippen molar-refractivity contribution < 1.29 is 13.9 Å². The second-order valence-corrected chi connectivity index (χ2v) is 8.46. The lowest BCUT2D eigenvalue weighted by atomic mass is 10.1. The number of methoxy groups -OCH3 is 1. The molecule has 33 heavy (non-hydrogen) atoms. The molecular weight excluding hydrogens is 423 g/mol. The lowest BCUT2D eigenvalue weighted by molar-refractivity contribution is 0.216. The molecule has 1 aliphatic heterocycles. The topological polar surface area (TPSA) is 82.6 Å². The van der Waals surface area contributed by atoms with Crippen molar-refractivity contribution in [1.29, 1.82) is 0 Å². The number of amides is 2.